The van der Waals surface area contributed by atoms with Crippen molar-refractivity contribution in [1.29, 1.82) is 0 Å². The van der Waals surface area contributed by atoms with Crippen LogP contribution in [-0.2, 0) is 17.8 Å². The van der Waals surface area contributed by atoms with Gasteiger partial charge in [0.2, 0.25) is 0 Å². The number of carbonyl (C=O) groups is 2. The van der Waals surface area contributed by atoms with Crippen molar-refractivity contribution in [3.63, 3.8) is 0 Å². The van der Waals surface area contributed by atoms with Crippen molar-refractivity contribution in [1.82, 2.24) is 19.4 Å². The molecule has 182 valence electrons. The normalized spacial score (nSPS) is 13.3. The topological polar surface area (TPSA) is 108 Å². The van der Waals surface area contributed by atoms with Crippen LogP contribution in [-0.4, -0.2) is 66.3 Å². The van der Waals surface area contributed by atoms with Gasteiger partial charge < -0.3 is 24.3 Å². The van der Waals surface area contributed by atoms with Gasteiger partial charge in [-0.15, -0.1) is 5.92 Å². The lowest BCUT2D eigenvalue weighted by Gasteiger charge is -2.30. The Kier molecular flexibility index (Phi) is 7.17. The average Bonchev–Trinajstić information content (AvgIpc) is 3.23. The van der Waals surface area contributed by atoms with Crippen LogP contribution in [0.5, 0.6) is 5.75 Å². The predicted molar refractivity (Wildman–Crippen MR) is 131 cm³/mol. The zero-order valence-electron chi connectivity index (χ0n) is 20.0. The van der Waals surface area contributed by atoms with E-state index in [1.807, 2.05) is 4.90 Å². The summed E-state index contributed by atoms with van der Waals surface area (Å²) in [5.41, 5.74) is 0.655. The second kappa shape index (κ2) is 10.4. The van der Waals surface area contributed by atoms with Gasteiger partial charge in [-0.05, 0) is 19.1 Å². The molecule has 0 amide bonds. The van der Waals surface area contributed by atoms with Crippen molar-refractivity contribution < 1.29 is 19.1 Å². The molecule has 10 heteroatoms. The molecule has 0 unspecified atom stereocenters. The zero-order chi connectivity index (χ0) is 24.9. The number of ketones is 1. The first-order valence-electron chi connectivity index (χ1n) is 11.2. The van der Waals surface area contributed by atoms with Gasteiger partial charge in [-0.2, -0.15) is 0 Å². The molecule has 0 bridgehead atoms. The monoisotopic (exact) mass is 477 g/mol. The number of esters is 1. The molecular weight excluding hydrogens is 450 g/mol. The maximum Gasteiger partial charge on any atom is 0.343 e. The number of nitrogens with one attached hydrogen (secondary N) is 1. The summed E-state index contributed by atoms with van der Waals surface area (Å²) in [7, 11) is 2.82. The minimum atomic E-state index is -0.580. The second-order valence-electron chi connectivity index (χ2n) is 7.97. The van der Waals surface area contributed by atoms with E-state index in [0.29, 0.717) is 30.2 Å². The van der Waals surface area contributed by atoms with Crippen molar-refractivity contribution in [2.24, 2.45) is 0 Å². The fourth-order valence-corrected chi connectivity index (χ4v) is 4.21. The summed E-state index contributed by atoms with van der Waals surface area (Å²) in [4.78, 5) is 45.9. The molecule has 0 atom stereocenters. The maximum atomic E-state index is 13.7. The van der Waals surface area contributed by atoms with E-state index in [1.165, 1.54) is 25.1 Å². The van der Waals surface area contributed by atoms with Crippen molar-refractivity contribution in [2.45, 2.75) is 20.0 Å². The van der Waals surface area contributed by atoms with E-state index in [4.69, 9.17) is 9.47 Å². The van der Waals surface area contributed by atoms with Gasteiger partial charge in [0, 0.05) is 31.7 Å². The summed E-state index contributed by atoms with van der Waals surface area (Å²) < 4.78 is 13.2. The minimum Gasteiger partial charge on any atom is -0.497 e. The smallest absolute Gasteiger partial charge is 0.343 e. The number of ether oxygens (including phenoxy) is 2. The lowest BCUT2D eigenvalue weighted by Crippen LogP contribution is -2.45. The summed E-state index contributed by atoms with van der Waals surface area (Å²) in [5.74, 6) is 6.10. The van der Waals surface area contributed by atoms with Crippen molar-refractivity contribution in [3.05, 3.63) is 52.1 Å². The lowest BCUT2D eigenvalue weighted by molar-refractivity contribution is 0.0603. The Morgan fingerprint density at radius 1 is 1.20 bits per heavy atom. The first-order chi connectivity index (χ1) is 17.0. The van der Waals surface area contributed by atoms with Crippen molar-refractivity contribution >= 4 is 28.6 Å². The molecule has 10 nitrogen and oxygen atoms in total. The van der Waals surface area contributed by atoms with Crippen molar-refractivity contribution in [2.75, 3.05) is 45.3 Å². The number of Topliss-reactive ketones (excluding diaryl/α,β-unsaturated/α-hetero) is 1. The van der Waals surface area contributed by atoms with Gasteiger partial charge >= 0.3 is 5.97 Å². The highest BCUT2D eigenvalue weighted by molar-refractivity contribution is 6.08. The van der Waals surface area contributed by atoms with Crippen LogP contribution in [0.15, 0.2) is 35.4 Å². The van der Waals surface area contributed by atoms with Crippen molar-refractivity contribution in [3.8, 4) is 17.6 Å². The largest absolute Gasteiger partial charge is 0.497 e. The number of carbonyl (C=O) groups excluding carboxylic acids is 2. The number of fused-ring (bicyclic) bond motifs is 1. The van der Waals surface area contributed by atoms with Gasteiger partial charge in [0.15, 0.2) is 5.78 Å². The van der Waals surface area contributed by atoms with E-state index < -0.39 is 11.5 Å². The Balaban J connectivity index is 1.87. The third-order valence-corrected chi connectivity index (χ3v) is 5.93. The first kappa shape index (κ1) is 24.0. The van der Waals surface area contributed by atoms with Crippen LogP contribution in [0.25, 0.3) is 11.0 Å². The van der Waals surface area contributed by atoms with Gasteiger partial charge in [-0.25, -0.2) is 9.78 Å². The van der Waals surface area contributed by atoms with E-state index in [2.05, 4.69) is 22.1 Å². The molecule has 2 aromatic heterocycles. The molecule has 1 saturated heterocycles. The first-order valence-corrected chi connectivity index (χ1v) is 11.2. The molecule has 1 aromatic carbocycles. The molecule has 1 aliphatic rings. The van der Waals surface area contributed by atoms with E-state index in [0.717, 1.165) is 13.1 Å². The minimum absolute atomic E-state index is 0.189. The summed E-state index contributed by atoms with van der Waals surface area (Å²) >= 11 is 0. The number of anilines is 1. The number of benzene rings is 1. The molecule has 4 rings (SSSR count). The SMILES string of the molecule is CC#CCn1c(N2CCNCC2)c(C(=O)OC)c2ncn(CC(=O)c3cccc(OC)c3)c(=O)c21. The molecule has 0 aliphatic carbocycles. The highest BCUT2D eigenvalue weighted by atomic mass is 16.5. The summed E-state index contributed by atoms with van der Waals surface area (Å²) in [6, 6.07) is 6.74. The number of aromatic nitrogens is 3. The Labute approximate surface area is 202 Å². The molecule has 35 heavy (non-hydrogen) atoms. The van der Waals surface area contributed by atoms with Gasteiger partial charge in [-0.3, -0.25) is 14.2 Å². The standard InChI is InChI=1S/C25H27N5O5/c1-4-5-11-30-22-21(20(25(33)35-3)23(30)28-12-9-26-10-13-28)27-16-29(24(22)32)15-19(31)17-7-6-8-18(14-17)34-2/h6-8,14,16,26H,9-13,15H2,1-3H3. The van der Waals surface area contributed by atoms with Crippen LogP contribution >= 0.6 is 0 Å². The molecule has 3 aromatic rings. The molecular formula is C25H27N5O5. The number of piperazine rings is 1. The fraction of sp³-hybridized carbons (Fsp3) is 0.360. The zero-order valence-corrected chi connectivity index (χ0v) is 20.0. The number of nitrogens with zero attached hydrogens (tertiary/aromatic N) is 4. The predicted octanol–water partition coefficient (Wildman–Crippen LogP) is 1.31. The third-order valence-electron chi connectivity index (χ3n) is 5.93. The van der Waals surface area contributed by atoms with Crippen LogP contribution in [0, 0.1) is 11.8 Å². The van der Waals surface area contributed by atoms with Crippen LogP contribution in [0.1, 0.15) is 27.6 Å². The van der Waals surface area contributed by atoms with E-state index in [9.17, 15) is 14.4 Å². The fourth-order valence-electron chi connectivity index (χ4n) is 4.21. The maximum absolute atomic E-state index is 13.7. The Morgan fingerprint density at radius 3 is 2.66 bits per heavy atom. The van der Waals surface area contributed by atoms with Crippen LogP contribution < -0.4 is 20.5 Å². The molecule has 0 radical (unpaired) electrons. The Bertz CT molecular complexity index is 1390. The Morgan fingerprint density at radius 2 is 1.97 bits per heavy atom. The van der Waals surface area contributed by atoms with E-state index in [1.54, 1.807) is 35.8 Å². The molecule has 1 aliphatic heterocycles. The molecule has 3 heterocycles. The summed E-state index contributed by atoms with van der Waals surface area (Å²) in [6.07, 6.45) is 1.30. The highest BCUT2D eigenvalue weighted by Crippen LogP contribution is 2.31. The third kappa shape index (κ3) is 4.63. The summed E-state index contributed by atoms with van der Waals surface area (Å²) in [6.45, 7) is 4.43. The highest BCUT2D eigenvalue weighted by Gasteiger charge is 2.31. The van der Waals surface area contributed by atoms with Gasteiger partial charge in [-0.1, -0.05) is 18.1 Å². The number of methoxy groups -OCH3 is 2. The number of hydrogen-bond donors (Lipinski definition) is 1. The van der Waals surface area contributed by atoms with E-state index >= 15 is 0 Å². The van der Waals surface area contributed by atoms with Crippen LogP contribution in [0.3, 0.4) is 0 Å². The quantitative estimate of drug-likeness (QED) is 0.308. The van der Waals surface area contributed by atoms with Crippen LogP contribution in [0.2, 0.25) is 0 Å². The molecule has 0 saturated carbocycles. The Hall–Kier alpha value is -4.10. The number of rotatable bonds is 7. The van der Waals surface area contributed by atoms with Crippen LogP contribution in [0.4, 0.5) is 5.82 Å². The van der Waals surface area contributed by atoms with Gasteiger partial charge in [0.1, 0.15) is 28.2 Å². The van der Waals surface area contributed by atoms with Gasteiger partial charge in [0.25, 0.3) is 5.56 Å². The molecule has 1 fully saturated rings. The summed E-state index contributed by atoms with van der Waals surface area (Å²) in [5, 5.41) is 3.29. The van der Waals surface area contributed by atoms with Gasteiger partial charge in [0.05, 0.1) is 33.6 Å². The molecule has 1 N–H and O–H groups in total. The van der Waals surface area contributed by atoms with E-state index in [-0.39, 0.29) is 35.5 Å². The number of hydrogen-bond acceptors (Lipinski definition) is 8. The lowest BCUT2D eigenvalue weighted by atomic mass is 10.1. The second-order valence-corrected chi connectivity index (χ2v) is 7.97. The average molecular weight is 478 g/mol. The molecule has 0 spiro atoms.